The number of Topliss-reactive ketones (excluding diaryl/α,β-unsaturated/α-hetero) is 1. The maximum atomic E-state index is 13.2. The fourth-order valence-corrected chi connectivity index (χ4v) is 3.60. The summed E-state index contributed by atoms with van der Waals surface area (Å²) < 4.78 is 29.9. The van der Waals surface area contributed by atoms with Crippen LogP contribution < -0.4 is 19.9 Å². The summed E-state index contributed by atoms with van der Waals surface area (Å²) in [6.07, 6.45) is 1.72. The molecule has 0 unspecified atom stereocenters. The van der Waals surface area contributed by atoms with Gasteiger partial charge in [-0.2, -0.15) is 0 Å². The molecule has 0 aliphatic rings. The first kappa shape index (κ1) is 23.6. The third-order valence-electron chi connectivity index (χ3n) is 4.78. The lowest BCUT2D eigenvalue weighted by Gasteiger charge is -2.17. The van der Waals surface area contributed by atoms with Crippen molar-refractivity contribution in [3.05, 3.63) is 75.1 Å². The summed E-state index contributed by atoms with van der Waals surface area (Å²) in [5.41, 5.74) is 7.27. The number of aromatic nitrogens is 1. The van der Waals surface area contributed by atoms with E-state index >= 15 is 0 Å². The number of halogens is 3. The van der Waals surface area contributed by atoms with Gasteiger partial charge in [0.2, 0.25) is 5.75 Å². The van der Waals surface area contributed by atoms with Gasteiger partial charge in [0.05, 0.1) is 36.4 Å². The van der Waals surface area contributed by atoms with Crippen molar-refractivity contribution in [1.29, 1.82) is 0 Å². The Morgan fingerprint density at radius 1 is 1.06 bits per heavy atom. The highest BCUT2D eigenvalue weighted by atomic mass is 35.5. The Labute approximate surface area is 195 Å². The van der Waals surface area contributed by atoms with Crippen molar-refractivity contribution in [1.82, 2.24) is 4.98 Å². The molecule has 9 heteroatoms. The smallest absolute Gasteiger partial charge is 0.204 e. The van der Waals surface area contributed by atoms with Crippen molar-refractivity contribution in [2.24, 2.45) is 0 Å². The Morgan fingerprint density at radius 2 is 1.78 bits per heavy atom. The lowest BCUT2D eigenvalue weighted by Crippen LogP contribution is -2.11. The normalized spacial score (nSPS) is 10.7. The lowest BCUT2D eigenvalue weighted by molar-refractivity contribution is 0.0988. The second-order valence-electron chi connectivity index (χ2n) is 6.79. The highest BCUT2D eigenvalue weighted by Crippen LogP contribution is 2.41. The van der Waals surface area contributed by atoms with Crippen LogP contribution in [0.25, 0.3) is 0 Å². The van der Waals surface area contributed by atoms with E-state index in [0.717, 1.165) is 5.56 Å². The summed E-state index contributed by atoms with van der Waals surface area (Å²) >= 11 is 12.4. The van der Waals surface area contributed by atoms with E-state index < -0.39 is 0 Å². The number of pyridine rings is 1. The van der Waals surface area contributed by atoms with Crippen molar-refractivity contribution in [3.8, 4) is 17.2 Å². The summed E-state index contributed by atoms with van der Waals surface area (Å²) in [5, 5.41) is 0.363. The molecule has 6 nitrogen and oxygen atoms in total. The standard InChI is InChI=1S/C23H21Cl2FN2O4/c1-30-19-8-7-15(18(29)11-16-17(24)12-28-23(27)20(16)25)21(22(19)31-2)32-10-9-13-3-5-14(26)6-4-13/h3-8,12H,9-11H2,1-2H3,(H2,27,28). The number of methoxy groups -OCH3 is 2. The number of hydrogen-bond acceptors (Lipinski definition) is 6. The average molecular weight is 479 g/mol. The van der Waals surface area contributed by atoms with Gasteiger partial charge in [-0.15, -0.1) is 0 Å². The molecule has 0 fully saturated rings. The highest BCUT2D eigenvalue weighted by molar-refractivity contribution is 6.37. The molecule has 2 aromatic carbocycles. The number of carbonyl (C=O) groups is 1. The summed E-state index contributed by atoms with van der Waals surface area (Å²) in [4.78, 5) is 17.1. The summed E-state index contributed by atoms with van der Waals surface area (Å²) in [6.45, 7) is 0.221. The molecular weight excluding hydrogens is 458 g/mol. The quantitative estimate of drug-likeness (QED) is 0.426. The molecule has 0 spiro atoms. The molecule has 1 aromatic heterocycles. The molecule has 0 aliphatic carbocycles. The lowest BCUT2D eigenvalue weighted by atomic mass is 10.0. The summed E-state index contributed by atoms with van der Waals surface area (Å²) in [7, 11) is 2.94. The zero-order valence-electron chi connectivity index (χ0n) is 17.5. The maximum absolute atomic E-state index is 13.2. The Hall–Kier alpha value is -3.03. The van der Waals surface area contributed by atoms with E-state index in [0.29, 0.717) is 17.7 Å². The van der Waals surface area contributed by atoms with Crippen LogP contribution in [0.3, 0.4) is 0 Å². The predicted octanol–water partition coefficient (Wildman–Crippen LogP) is 5.17. The number of rotatable bonds is 9. The molecule has 0 saturated heterocycles. The minimum absolute atomic E-state index is 0.0851. The van der Waals surface area contributed by atoms with Gasteiger partial charge in [0.15, 0.2) is 17.3 Å². The third kappa shape index (κ3) is 5.23. The fourth-order valence-electron chi connectivity index (χ4n) is 3.12. The van der Waals surface area contributed by atoms with E-state index in [-0.39, 0.29) is 57.6 Å². The molecule has 0 bridgehead atoms. The molecule has 0 saturated carbocycles. The van der Waals surface area contributed by atoms with Crippen molar-refractivity contribution in [3.63, 3.8) is 0 Å². The van der Waals surface area contributed by atoms with Gasteiger partial charge in [-0.25, -0.2) is 9.37 Å². The van der Waals surface area contributed by atoms with Crippen molar-refractivity contribution >= 4 is 34.8 Å². The number of benzene rings is 2. The van der Waals surface area contributed by atoms with Crippen LogP contribution in [0.1, 0.15) is 21.5 Å². The van der Waals surface area contributed by atoms with Crippen LogP contribution in [0, 0.1) is 5.82 Å². The molecule has 2 N–H and O–H groups in total. The van der Waals surface area contributed by atoms with Crippen molar-refractivity contribution < 1.29 is 23.4 Å². The monoisotopic (exact) mass is 478 g/mol. The van der Waals surface area contributed by atoms with Crippen LogP contribution in [0.5, 0.6) is 17.2 Å². The first-order valence-electron chi connectivity index (χ1n) is 9.59. The molecule has 3 rings (SSSR count). The first-order chi connectivity index (χ1) is 15.3. The van der Waals surface area contributed by atoms with Gasteiger partial charge in [0, 0.05) is 24.6 Å². The molecule has 0 radical (unpaired) electrons. The maximum Gasteiger partial charge on any atom is 0.204 e. The van der Waals surface area contributed by atoms with E-state index in [9.17, 15) is 9.18 Å². The minimum atomic E-state index is -0.314. The highest BCUT2D eigenvalue weighted by Gasteiger charge is 2.23. The summed E-state index contributed by atoms with van der Waals surface area (Å²) in [6, 6.07) is 9.30. The van der Waals surface area contributed by atoms with Crippen LogP contribution in [0.15, 0.2) is 42.6 Å². The van der Waals surface area contributed by atoms with Gasteiger partial charge in [0.25, 0.3) is 0 Å². The van der Waals surface area contributed by atoms with E-state index in [1.165, 1.54) is 32.5 Å². The van der Waals surface area contributed by atoms with Gasteiger partial charge < -0.3 is 19.9 Å². The van der Waals surface area contributed by atoms with Crippen molar-refractivity contribution in [2.45, 2.75) is 12.8 Å². The van der Waals surface area contributed by atoms with Crippen LogP contribution in [-0.2, 0) is 12.8 Å². The molecule has 0 atom stereocenters. The van der Waals surface area contributed by atoms with Gasteiger partial charge >= 0.3 is 0 Å². The largest absolute Gasteiger partial charge is 0.493 e. The SMILES string of the molecule is COc1ccc(C(=O)Cc2c(Cl)cnc(N)c2Cl)c(OCCc2ccc(F)cc2)c1OC. The second kappa shape index (κ2) is 10.5. The topological polar surface area (TPSA) is 83.7 Å². The molecule has 32 heavy (non-hydrogen) atoms. The molecule has 0 aliphatic heterocycles. The Balaban J connectivity index is 1.90. The third-order valence-corrected chi connectivity index (χ3v) is 5.53. The van der Waals surface area contributed by atoms with E-state index in [1.807, 2.05) is 0 Å². The number of carbonyl (C=O) groups excluding carboxylic acids is 1. The molecule has 3 aromatic rings. The molecular formula is C23H21Cl2FN2O4. The van der Waals surface area contributed by atoms with Crippen LogP contribution in [0.4, 0.5) is 10.2 Å². The zero-order chi connectivity index (χ0) is 23.3. The van der Waals surface area contributed by atoms with E-state index in [1.54, 1.807) is 24.3 Å². The number of hydrogen-bond donors (Lipinski definition) is 1. The molecule has 1 heterocycles. The fraction of sp³-hybridized carbons (Fsp3) is 0.217. The van der Waals surface area contributed by atoms with Crippen molar-refractivity contribution in [2.75, 3.05) is 26.6 Å². The Bertz CT molecular complexity index is 1120. The van der Waals surface area contributed by atoms with Gasteiger partial charge in [-0.1, -0.05) is 35.3 Å². The molecule has 168 valence electrons. The van der Waals surface area contributed by atoms with Crippen LogP contribution in [-0.4, -0.2) is 31.6 Å². The van der Waals surface area contributed by atoms with Crippen LogP contribution in [0.2, 0.25) is 10.0 Å². The Morgan fingerprint density at radius 3 is 2.44 bits per heavy atom. The summed E-state index contributed by atoms with van der Waals surface area (Å²) in [5.74, 6) is 0.382. The number of anilines is 1. The predicted molar refractivity (Wildman–Crippen MR) is 122 cm³/mol. The van der Waals surface area contributed by atoms with E-state index in [4.69, 9.17) is 43.1 Å². The number of nitrogens with two attached hydrogens (primary N) is 1. The zero-order valence-corrected chi connectivity index (χ0v) is 19.0. The van der Waals surface area contributed by atoms with Gasteiger partial charge in [-0.3, -0.25) is 4.79 Å². The van der Waals surface area contributed by atoms with Crippen LogP contribution >= 0.6 is 23.2 Å². The van der Waals surface area contributed by atoms with Gasteiger partial charge in [0.1, 0.15) is 11.6 Å². The number of ketones is 1. The number of ether oxygens (including phenoxy) is 3. The number of nitrogens with zero attached hydrogens (tertiary/aromatic N) is 1. The van der Waals surface area contributed by atoms with Gasteiger partial charge in [-0.05, 0) is 29.8 Å². The Kier molecular flexibility index (Phi) is 7.77. The first-order valence-corrected chi connectivity index (χ1v) is 10.3. The molecule has 0 amide bonds. The van der Waals surface area contributed by atoms with E-state index in [2.05, 4.69) is 4.98 Å². The second-order valence-corrected chi connectivity index (χ2v) is 7.57. The number of nitrogen functional groups attached to an aromatic ring is 1. The average Bonchev–Trinajstić information content (AvgIpc) is 2.79. The minimum Gasteiger partial charge on any atom is -0.493 e.